The van der Waals surface area contributed by atoms with Crippen molar-refractivity contribution >= 4 is 28.5 Å². The zero-order valence-corrected chi connectivity index (χ0v) is 13.7. The third-order valence-corrected chi connectivity index (χ3v) is 3.69. The number of nitrogens with one attached hydrogen (secondary N) is 3. The molecule has 7 heteroatoms. The molecule has 0 bridgehead atoms. The number of aryl methyl sites for hydroxylation is 1. The third-order valence-electron chi connectivity index (χ3n) is 3.69. The molecule has 124 valence electrons. The minimum atomic E-state index is 0.526. The Morgan fingerprint density at radius 1 is 1.00 bits per heavy atom. The van der Waals surface area contributed by atoms with Gasteiger partial charge in [-0.05, 0) is 43.3 Å². The first kappa shape index (κ1) is 15.1. The average Bonchev–Trinajstić information content (AvgIpc) is 3.00. The van der Waals surface area contributed by atoms with Crippen LogP contribution in [-0.2, 0) is 6.54 Å². The van der Waals surface area contributed by atoms with Crippen LogP contribution in [0.4, 0.5) is 17.5 Å². The van der Waals surface area contributed by atoms with Crippen molar-refractivity contribution in [3.63, 3.8) is 0 Å². The van der Waals surface area contributed by atoms with Crippen LogP contribution in [0.3, 0.4) is 0 Å². The van der Waals surface area contributed by atoms with Crippen LogP contribution >= 0.6 is 0 Å². The van der Waals surface area contributed by atoms with E-state index in [0.717, 1.165) is 34.1 Å². The molecule has 0 amide bonds. The summed E-state index contributed by atoms with van der Waals surface area (Å²) in [6.07, 6.45) is 3.49. The standard InChI is InChI=1S/C18H17N7/c1-12-22-15-6-5-13(10-16(15)23-12)24-18-20-9-7-17(25-18)21-11-14-4-2-3-8-19-14/h2-10H,11H2,1H3,(H,22,23)(H2,20,21,24,25). The Balaban J connectivity index is 1.48. The van der Waals surface area contributed by atoms with E-state index in [1.54, 1.807) is 12.4 Å². The summed E-state index contributed by atoms with van der Waals surface area (Å²) in [6, 6.07) is 13.6. The van der Waals surface area contributed by atoms with Crippen molar-refractivity contribution in [3.05, 3.63) is 66.4 Å². The van der Waals surface area contributed by atoms with Crippen LogP contribution < -0.4 is 10.6 Å². The second-order valence-corrected chi connectivity index (χ2v) is 5.62. The Hall–Kier alpha value is -3.48. The van der Waals surface area contributed by atoms with Crippen molar-refractivity contribution < 1.29 is 0 Å². The highest BCUT2D eigenvalue weighted by Gasteiger charge is 2.04. The predicted molar refractivity (Wildman–Crippen MR) is 97.7 cm³/mol. The highest BCUT2D eigenvalue weighted by molar-refractivity contribution is 5.80. The maximum absolute atomic E-state index is 4.48. The van der Waals surface area contributed by atoms with Gasteiger partial charge in [0.1, 0.15) is 11.6 Å². The largest absolute Gasteiger partial charge is 0.364 e. The fourth-order valence-electron chi connectivity index (χ4n) is 2.54. The summed E-state index contributed by atoms with van der Waals surface area (Å²) in [6.45, 7) is 2.54. The lowest BCUT2D eigenvalue weighted by atomic mass is 10.3. The van der Waals surface area contributed by atoms with Crippen LogP contribution in [0, 0.1) is 6.92 Å². The van der Waals surface area contributed by atoms with E-state index >= 15 is 0 Å². The average molecular weight is 331 g/mol. The van der Waals surface area contributed by atoms with Crippen molar-refractivity contribution in [2.75, 3.05) is 10.6 Å². The molecule has 3 heterocycles. The number of aromatic amines is 1. The van der Waals surface area contributed by atoms with Gasteiger partial charge in [-0.1, -0.05) is 6.07 Å². The molecule has 0 atom stereocenters. The molecule has 4 rings (SSSR count). The minimum Gasteiger partial charge on any atom is -0.364 e. The van der Waals surface area contributed by atoms with E-state index in [-0.39, 0.29) is 0 Å². The number of rotatable bonds is 5. The van der Waals surface area contributed by atoms with Gasteiger partial charge in [0, 0.05) is 18.1 Å². The number of fused-ring (bicyclic) bond motifs is 1. The first-order valence-corrected chi connectivity index (χ1v) is 7.96. The van der Waals surface area contributed by atoms with Gasteiger partial charge in [0.25, 0.3) is 0 Å². The Morgan fingerprint density at radius 3 is 2.84 bits per heavy atom. The molecule has 3 N–H and O–H groups in total. The number of hydrogen-bond acceptors (Lipinski definition) is 6. The summed E-state index contributed by atoms with van der Waals surface area (Å²) in [7, 11) is 0. The van der Waals surface area contributed by atoms with Gasteiger partial charge < -0.3 is 15.6 Å². The molecular formula is C18H17N7. The first-order valence-electron chi connectivity index (χ1n) is 7.96. The summed E-state index contributed by atoms with van der Waals surface area (Å²) in [5.41, 5.74) is 3.76. The molecule has 25 heavy (non-hydrogen) atoms. The Kier molecular flexibility index (Phi) is 3.96. The smallest absolute Gasteiger partial charge is 0.229 e. The lowest BCUT2D eigenvalue weighted by molar-refractivity contribution is 1.02. The van der Waals surface area contributed by atoms with E-state index < -0.39 is 0 Å². The Morgan fingerprint density at radius 2 is 1.96 bits per heavy atom. The molecule has 0 fully saturated rings. The summed E-state index contributed by atoms with van der Waals surface area (Å²) < 4.78 is 0. The third kappa shape index (κ3) is 3.55. The summed E-state index contributed by atoms with van der Waals surface area (Å²) in [4.78, 5) is 20.7. The van der Waals surface area contributed by atoms with Crippen molar-refractivity contribution in [2.45, 2.75) is 13.5 Å². The lowest BCUT2D eigenvalue weighted by Crippen LogP contribution is -2.05. The van der Waals surface area contributed by atoms with E-state index in [9.17, 15) is 0 Å². The number of pyridine rings is 1. The molecule has 7 nitrogen and oxygen atoms in total. The molecule has 0 radical (unpaired) electrons. The molecule has 0 unspecified atom stereocenters. The van der Waals surface area contributed by atoms with Gasteiger partial charge in [0.2, 0.25) is 5.95 Å². The van der Waals surface area contributed by atoms with E-state index in [4.69, 9.17) is 0 Å². The number of benzene rings is 1. The van der Waals surface area contributed by atoms with Gasteiger partial charge in [0.05, 0.1) is 23.3 Å². The fourth-order valence-corrected chi connectivity index (χ4v) is 2.54. The molecule has 0 saturated carbocycles. The number of aromatic nitrogens is 5. The van der Waals surface area contributed by atoms with Crippen LogP contribution in [0.2, 0.25) is 0 Å². The summed E-state index contributed by atoms with van der Waals surface area (Å²) >= 11 is 0. The number of nitrogens with zero attached hydrogens (tertiary/aromatic N) is 4. The number of H-pyrrole nitrogens is 1. The highest BCUT2D eigenvalue weighted by Crippen LogP contribution is 2.20. The quantitative estimate of drug-likeness (QED) is 0.519. The predicted octanol–water partition coefficient (Wildman–Crippen LogP) is 3.41. The number of anilines is 3. The molecule has 4 aromatic rings. The van der Waals surface area contributed by atoms with E-state index in [2.05, 4.69) is 35.6 Å². The van der Waals surface area contributed by atoms with Gasteiger partial charge in [-0.2, -0.15) is 4.98 Å². The summed E-state index contributed by atoms with van der Waals surface area (Å²) in [5, 5.41) is 6.46. The van der Waals surface area contributed by atoms with E-state index in [0.29, 0.717) is 12.5 Å². The van der Waals surface area contributed by atoms with Crippen LogP contribution in [-0.4, -0.2) is 24.9 Å². The van der Waals surface area contributed by atoms with Crippen LogP contribution in [0.1, 0.15) is 11.5 Å². The van der Waals surface area contributed by atoms with Crippen LogP contribution in [0.5, 0.6) is 0 Å². The van der Waals surface area contributed by atoms with Gasteiger partial charge in [-0.3, -0.25) is 4.98 Å². The van der Waals surface area contributed by atoms with Crippen molar-refractivity contribution in [3.8, 4) is 0 Å². The normalized spacial score (nSPS) is 10.8. The molecule has 1 aromatic carbocycles. The highest BCUT2D eigenvalue weighted by atomic mass is 15.1. The van der Waals surface area contributed by atoms with Crippen LogP contribution in [0.25, 0.3) is 11.0 Å². The molecule has 3 aromatic heterocycles. The van der Waals surface area contributed by atoms with E-state index in [1.807, 2.05) is 49.4 Å². The van der Waals surface area contributed by atoms with Gasteiger partial charge in [-0.15, -0.1) is 0 Å². The first-order chi connectivity index (χ1) is 12.3. The topological polar surface area (TPSA) is 91.4 Å². The Bertz CT molecular complexity index is 995. The molecule has 0 aliphatic rings. The lowest BCUT2D eigenvalue weighted by Gasteiger charge is -2.08. The van der Waals surface area contributed by atoms with Gasteiger partial charge >= 0.3 is 0 Å². The van der Waals surface area contributed by atoms with Crippen molar-refractivity contribution in [2.24, 2.45) is 0 Å². The monoisotopic (exact) mass is 331 g/mol. The van der Waals surface area contributed by atoms with Gasteiger partial charge in [0.15, 0.2) is 0 Å². The van der Waals surface area contributed by atoms with Gasteiger partial charge in [-0.25, -0.2) is 9.97 Å². The molecule has 0 aliphatic carbocycles. The second-order valence-electron chi connectivity index (χ2n) is 5.62. The molecule has 0 spiro atoms. The molecule has 0 saturated heterocycles. The zero-order chi connectivity index (χ0) is 17.1. The van der Waals surface area contributed by atoms with E-state index in [1.165, 1.54) is 0 Å². The fraction of sp³-hybridized carbons (Fsp3) is 0.111. The number of hydrogen-bond donors (Lipinski definition) is 3. The second kappa shape index (κ2) is 6.56. The molecule has 0 aliphatic heterocycles. The zero-order valence-electron chi connectivity index (χ0n) is 13.7. The SMILES string of the molecule is Cc1nc2cc(Nc3nccc(NCc4ccccn4)n3)ccc2[nH]1. The van der Waals surface area contributed by atoms with Crippen LogP contribution in [0.15, 0.2) is 54.9 Å². The maximum atomic E-state index is 4.48. The maximum Gasteiger partial charge on any atom is 0.229 e. The molecular weight excluding hydrogens is 314 g/mol. The Labute approximate surface area is 144 Å². The number of imidazole rings is 1. The minimum absolute atomic E-state index is 0.526. The van der Waals surface area contributed by atoms with Crippen molar-refractivity contribution in [1.29, 1.82) is 0 Å². The summed E-state index contributed by atoms with van der Waals surface area (Å²) in [5.74, 6) is 2.15. The van der Waals surface area contributed by atoms with Crippen molar-refractivity contribution in [1.82, 2.24) is 24.9 Å².